The zero-order valence-corrected chi connectivity index (χ0v) is 14.1. The van der Waals surface area contributed by atoms with Gasteiger partial charge in [0, 0.05) is 35.1 Å². The predicted octanol–water partition coefficient (Wildman–Crippen LogP) is 4.26. The Morgan fingerprint density at radius 1 is 1.24 bits per heavy atom. The summed E-state index contributed by atoms with van der Waals surface area (Å²) in [5.74, 6) is 0.0988. The molecule has 4 heteroatoms. The van der Waals surface area contributed by atoms with Crippen molar-refractivity contribution in [2.24, 2.45) is 0 Å². The largest absolute Gasteiger partial charge is 0.335 e. The van der Waals surface area contributed by atoms with Gasteiger partial charge in [0.1, 0.15) is 0 Å². The number of halogens is 1. The second-order valence-corrected chi connectivity index (χ2v) is 5.83. The number of pyridine rings is 1. The van der Waals surface area contributed by atoms with Crippen LogP contribution in [0.25, 0.3) is 10.9 Å². The maximum atomic E-state index is 13.0. The average molecular weight is 349 g/mol. The summed E-state index contributed by atoms with van der Waals surface area (Å²) >= 11 is 3.46. The van der Waals surface area contributed by atoms with E-state index in [0.29, 0.717) is 0 Å². The second-order valence-electron chi connectivity index (χ2n) is 5.03. The molecule has 0 radical (unpaired) electrons. The van der Waals surface area contributed by atoms with Gasteiger partial charge in [0.15, 0.2) is 0 Å². The fraction of sp³-hybridized carbons (Fsp3) is 0.412. The smallest absolute Gasteiger partial charge is 0.254 e. The van der Waals surface area contributed by atoms with Crippen LogP contribution in [-0.2, 0) is 0 Å². The molecule has 0 aliphatic carbocycles. The number of alkyl halides is 1. The summed E-state index contributed by atoms with van der Waals surface area (Å²) in [5.41, 5.74) is 1.61. The predicted molar refractivity (Wildman–Crippen MR) is 90.9 cm³/mol. The van der Waals surface area contributed by atoms with Crippen LogP contribution in [0.4, 0.5) is 0 Å². The number of hydrogen-bond donors (Lipinski definition) is 0. The normalized spacial score (nSPS) is 11.0. The minimum Gasteiger partial charge on any atom is -0.335 e. The number of hydrogen-bond acceptors (Lipinski definition) is 2. The quantitative estimate of drug-likeness (QED) is 0.730. The van der Waals surface area contributed by atoms with Crippen molar-refractivity contribution in [1.29, 1.82) is 0 Å². The van der Waals surface area contributed by atoms with Crippen LogP contribution in [-0.4, -0.2) is 33.7 Å². The lowest BCUT2D eigenvalue weighted by atomic mass is 10.0. The van der Waals surface area contributed by atoms with Crippen molar-refractivity contribution in [3.63, 3.8) is 0 Å². The first-order valence-electron chi connectivity index (χ1n) is 7.43. The van der Waals surface area contributed by atoms with E-state index in [-0.39, 0.29) is 11.9 Å². The number of aromatic nitrogens is 1. The van der Waals surface area contributed by atoms with E-state index in [1.807, 2.05) is 35.2 Å². The van der Waals surface area contributed by atoms with Crippen LogP contribution in [0.2, 0.25) is 0 Å². The molecule has 0 bridgehead atoms. The highest BCUT2D eigenvalue weighted by Gasteiger charge is 2.23. The SMILES string of the molecule is CCC(CC)N(CCBr)C(=O)c1cccc2ncccc12. The number of benzene rings is 1. The first-order chi connectivity index (χ1) is 10.2. The van der Waals surface area contributed by atoms with E-state index in [9.17, 15) is 4.79 Å². The van der Waals surface area contributed by atoms with Gasteiger partial charge in [-0.1, -0.05) is 41.9 Å². The molecular weight excluding hydrogens is 328 g/mol. The molecule has 21 heavy (non-hydrogen) atoms. The van der Waals surface area contributed by atoms with Crippen LogP contribution in [0.5, 0.6) is 0 Å². The zero-order valence-electron chi connectivity index (χ0n) is 12.6. The number of nitrogens with zero attached hydrogens (tertiary/aromatic N) is 2. The van der Waals surface area contributed by atoms with E-state index in [1.165, 1.54) is 0 Å². The van der Waals surface area contributed by atoms with E-state index in [1.54, 1.807) is 6.20 Å². The molecule has 0 aliphatic rings. The van der Waals surface area contributed by atoms with Crippen LogP contribution in [0.1, 0.15) is 37.0 Å². The Morgan fingerprint density at radius 3 is 2.67 bits per heavy atom. The fourth-order valence-electron chi connectivity index (χ4n) is 2.71. The van der Waals surface area contributed by atoms with E-state index in [0.717, 1.165) is 41.2 Å². The van der Waals surface area contributed by atoms with E-state index in [2.05, 4.69) is 34.8 Å². The van der Waals surface area contributed by atoms with Crippen molar-refractivity contribution in [3.8, 4) is 0 Å². The van der Waals surface area contributed by atoms with Gasteiger partial charge in [-0.05, 0) is 31.0 Å². The average Bonchev–Trinajstić information content (AvgIpc) is 2.54. The monoisotopic (exact) mass is 348 g/mol. The molecule has 0 saturated carbocycles. The van der Waals surface area contributed by atoms with Crippen molar-refractivity contribution in [3.05, 3.63) is 42.1 Å². The molecule has 112 valence electrons. The molecule has 3 nitrogen and oxygen atoms in total. The number of carbonyl (C=O) groups is 1. The van der Waals surface area contributed by atoms with Gasteiger partial charge < -0.3 is 4.90 Å². The molecule has 0 N–H and O–H groups in total. The lowest BCUT2D eigenvalue weighted by Gasteiger charge is -2.30. The maximum Gasteiger partial charge on any atom is 0.254 e. The molecule has 0 spiro atoms. The minimum atomic E-state index is 0.0988. The highest BCUT2D eigenvalue weighted by molar-refractivity contribution is 9.09. The number of fused-ring (bicyclic) bond motifs is 1. The van der Waals surface area contributed by atoms with Crippen molar-refractivity contribution >= 4 is 32.7 Å². The summed E-state index contributed by atoms with van der Waals surface area (Å²) < 4.78 is 0. The van der Waals surface area contributed by atoms with Gasteiger partial charge in [0.25, 0.3) is 5.91 Å². The highest BCUT2D eigenvalue weighted by Crippen LogP contribution is 2.21. The Labute approximate surface area is 134 Å². The molecule has 0 fully saturated rings. The fourth-order valence-corrected chi connectivity index (χ4v) is 3.10. The van der Waals surface area contributed by atoms with Gasteiger partial charge in [0.2, 0.25) is 0 Å². The van der Waals surface area contributed by atoms with Crippen LogP contribution in [0.15, 0.2) is 36.5 Å². The first-order valence-corrected chi connectivity index (χ1v) is 8.55. The summed E-state index contributed by atoms with van der Waals surface area (Å²) in [5, 5.41) is 1.72. The van der Waals surface area contributed by atoms with Crippen LogP contribution >= 0.6 is 15.9 Å². The summed E-state index contributed by atoms with van der Waals surface area (Å²) in [7, 11) is 0. The number of amides is 1. The Balaban J connectivity index is 2.43. The van der Waals surface area contributed by atoms with Crippen LogP contribution in [0, 0.1) is 0 Å². The molecule has 1 amide bonds. The van der Waals surface area contributed by atoms with E-state index < -0.39 is 0 Å². The molecule has 0 unspecified atom stereocenters. The van der Waals surface area contributed by atoms with Gasteiger partial charge in [-0.2, -0.15) is 0 Å². The molecule has 1 aromatic heterocycles. The first kappa shape index (κ1) is 16.0. The molecule has 0 aliphatic heterocycles. The van der Waals surface area contributed by atoms with Gasteiger partial charge in [-0.15, -0.1) is 0 Å². The molecule has 2 rings (SSSR count). The Morgan fingerprint density at radius 2 is 2.00 bits per heavy atom. The molecular formula is C17H21BrN2O. The van der Waals surface area contributed by atoms with Crippen LogP contribution in [0.3, 0.4) is 0 Å². The van der Waals surface area contributed by atoms with Gasteiger partial charge in [0.05, 0.1) is 5.52 Å². The van der Waals surface area contributed by atoms with Crippen molar-refractivity contribution in [1.82, 2.24) is 9.88 Å². The standard InChI is InChI=1S/C17H21BrN2O/c1-3-13(4-2)20(12-10-18)17(21)15-7-5-9-16-14(15)8-6-11-19-16/h5-9,11,13H,3-4,10,12H2,1-2H3. The Hall–Kier alpha value is -1.42. The summed E-state index contributed by atoms with van der Waals surface area (Å²) in [4.78, 5) is 19.3. The van der Waals surface area contributed by atoms with E-state index in [4.69, 9.17) is 0 Å². The summed E-state index contributed by atoms with van der Waals surface area (Å²) in [6, 6.07) is 9.87. The lowest BCUT2D eigenvalue weighted by molar-refractivity contribution is 0.0685. The van der Waals surface area contributed by atoms with Crippen molar-refractivity contribution < 1.29 is 4.79 Å². The molecule has 1 heterocycles. The van der Waals surface area contributed by atoms with Gasteiger partial charge in [-0.25, -0.2) is 0 Å². The Kier molecular flexibility index (Phi) is 5.74. The third-order valence-corrected chi connectivity index (χ3v) is 4.20. The molecule has 0 atom stereocenters. The van der Waals surface area contributed by atoms with Crippen LogP contribution < -0.4 is 0 Å². The summed E-state index contributed by atoms with van der Waals surface area (Å²) in [6.07, 6.45) is 3.70. The third-order valence-electron chi connectivity index (χ3n) is 3.85. The number of rotatable bonds is 6. The second kappa shape index (κ2) is 7.55. The zero-order chi connectivity index (χ0) is 15.2. The molecule has 0 saturated heterocycles. The lowest BCUT2D eigenvalue weighted by Crippen LogP contribution is -2.41. The van der Waals surface area contributed by atoms with Gasteiger partial charge in [-0.3, -0.25) is 9.78 Å². The minimum absolute atomic E-state index is 0.0988. The number of carbonyl (C=O) groups excluding carboxylic acids is 1. The van der Waals surface area contributed by atoms with Crippen molar-refractivity contribution in [2.45, 2.75) is 32.7 Å². The maximum absolute atomic E-state index is 13.0. The topological polar surface area (TPSA) is 33.2 Å². The van der Waals surface area contributed by atoms with E-state index >= 15 is 0 Å². The Bertz CT molecular complexity index is 605. The molecule has 2 aromatic rings. The molecule has 1 aromatic carbocycles. The highest BCUT2D eigenvalue weighted by atomic mass is 79.9. The van der Waals surface area contributed by atoms with Crippen molar-refractivity contribution in [2.75, 3.05) is 11.9 Å². The van der Waals surface area contributed by atoms with Gasteiger partial charge >= 0.3 is 0 Å². The summed E-state index contributed by atoms with van der Waals surface area (Å²) in [6.45, 7) is 4.99. The third kappa shape index (κ3) is 3.43.